The summed E-state index contributed by atoms with van der Waals surface area (Å²) in [5.74, 6) is -0.0262. The third kappa shape index (κ3) is 0.855. The topological polar surface area (TPSA) is 29.1 Å². The molecule has 1 fully saturated rings. The van der Waals surface area contributed by atoms with Crippen molar-refractivity contribution in [2.45, 2.75) is 11.8 Å². The smallest absolute Gasteiger partial charge is 0.238 e. The van der Waals surface area contributed by atoms with E-state index in [2.05, 4.69) is 5.32 Å². The summed E-state index contributed by atoms with van der Waals surface area (Å²) in [6, 6.07) is 0. The Morgan fingerprint density at radius 2 is 2.57 bits per heavy atom. The molecule has 0 aromatic rings. The Morgan fingerprint density at radius 1 is 1.86 bits per heavy atom. The number of amides is 1. The lowest BCUT2D eigenvalue weighted by Crippen LogP contribution is -2.18. The molecule has 0 bridgehead atoms. The van der Waals surface area contributed by atoms with Crippen molar-refractivity contribution in [2.24, 2.45) is 0 Å². The summed E-state index contributed by atoms with van der Waals surface area (Å²) in [4.78, 5) is 10.3. The van der Waals surface area contributed by atoms with Crippen molar-refractivity contribution in [2.75, 3.05) is 6.54 Å². The van der Waals surface area contributed by atoms with Crippen LogP contribution in [0.5, 0.6) is 0 Å². The molecule has 0 spiro atoms. The second kappa shape index (κ2) is 1.70. The first kappa shape index (κ1) is 4.91. The summed E-state index contributed by atoms with van der Waals surface area (Å²) in [7, 11) is 0. The van der Waals surface area contributed by atoms with Gasteiger partial charge in [-0.1, -0.05) is 0 Å². The van der Waals surface area contributed by atoms with E-state index in [9.17, 15) is 4.79 Å². The van der Waals surface area contributed by atoms with Gasteiger partial charge in [0.2, 0.25) is 5.91 Å². The van der Waals surface area contributed by atoms with Crippen LogP contribution in [0, 0.1) is 0 Å². The van der Waals surface area contributed by atoms with Crippen LogP contribution in [0.2, 0.25) is 0 Å². The van der Waals surface area contributed by atoms with Crippen molar-refractivity contribution in [3.8, 4) is 0 Å². The zero-order chi connectivity index (χ0) is 5.28. The molecule has 2 nitrogen and oxygen atoms in total. The Balaban J connectivity index is 2.48. The van der Waals surface area contributed by atoms with E-state index in [0.29, 0.717) is 0 Å². The second-order valence-electron chi connectivity index (χ2n) is 1.55. The number of halogens is 1. The van der Waals surface area contributed by atoms with Gasteiger partial charge in [0.1, 0.15) is 5.38 Å². The second-order valence-corrected chi connectivity index (χ2v) is 2.07. The molecule has 40 valence electrons. The van der Waals surface area contributed by atoms with Crippen molar-refractivity contribution in [1.82, 2.24) is 5.32 Å². The van der Waals surface area contributed by atoms with Crippen LogP contribution < -0.4 is 5.32 Å². The molecule has 0 unspecified atom stereocenters. The average molecular weight is 120 g/mol. The minimum atomic E-state index is -0.264. The number of hydrogen-bond acceptors (Lipinski definition) is 1. The Hall–Kier alpha value is -0.240. The maximum atomic E-state index is 10.3. The van der Waals surface area contributed by atoms with Crippen LogP contribution in [0.25, 0.3) is 0 Å². The molecule has 7 heavy (non-hydrogen) atoms. The van der Waals surface area contributed by atoms with Crippen molar-refractivity contribution < 1.29 is 4.79 Å². The summed E-state index contributed by atoms with van der Waals surface area (Å²) in [5, 5.41) is 2.33. The van der Waals surface area contributed by atoms with E-state index in [1.807, 2.05) is 0 Å². The fourth-order valence-corrected chi connectivity index (χ4v) is 0.750. The molecule has 1 aliphatic heterocycles. The van der Waals surface area contributed by atoms with Crippen LogP contribution in [0.1, 0.15) is 6.42 Å². The molecule has 0 radical (unpaired) electrons. The maximum absolute atomic E-state index is 10.3. The standard InChI is InChI=1S/C4H6ClNO/c5-3-1-2-6-4(3)7/h3H,1-2H2,(H,6,7)/t3-/m0/s1. The van der Waals surface area contributed by atoms with Gasteiger partial charge in [0, 0.05) is 6.54 Å². The first-order chi connectivity index (χ1) is 3.30. The number of carbonyl (C=O) groups is 1. The molecular weight excluding hydrogens is 114 g/mol. The van der Waals surface area contributed by atoms with Gasteiger partial charge in [-0.15, -0.1) is 11.6 Å². The zero-order valence-electron chi connectivity index (χ0n) is 3.78. The van der Waals surface area contributed by atoms with Gasteiger partial charge in [0.15, 0.2) is 0 Å². The third-order valence-corrected chi connectivity index (χ3v) is 1.40. The van der Waals surface area contributed by atoms with E-state index in [-0.39, 0.29) is 11.3 Å². The van der Waals surface area contributed by atoms with Gasteiger partial charge in [-0.25, -0.2) is 0 Å². The van der Waals surface area contributed by atoms with Crippen molar-refractivity contribution in [1.29, 1.82) is 0 Å². The molecule has 1 saturated heterocycles. The first-order valence-electron chi connectivity index (χ1n) is 2.22. The van der Waals surface area contributed by atoms with E-state index >= 15 is 0 Å². The molecule has 1 rings (SSSR count). The van der Waals surface area contributed by atoms with Gasteiger partial charge in [-0.05, 0) is 6.42 Å². The minimum absolute atomic E-state index is 0.0262. The molecule has 1 N–H and O–H groups in total. The van der Waals surface area contributed by atoms with Crippen molar-refractivity contribution in [3.05, 3.63) is 0 Å². The number of hydrogen-bond donors (Lipinski definition) is 1. The van der Waals surface area contributed by atoms with Crippen LogP contribution in [0.15, 0.2) is 0 Å². The molecule has 1 atom stereocenters. The van der Waals surface area contributed by atoms with Crippen LogP contribution in [0.4, 0.5) is 0 Å². The Labute approximate surface area is 46.8 Å². The Kier molecular flexibility index (Phi) is 1.19. The van der Waals surface area contributed by atoms with Gasteiger partial charge in [-0.2, -0.15) is 0 Å². The highest BCUT2D eigenvalue weighted by molar-refractivity contribution is 6.31. The summed E-state index contributed by atoms with van der Waals surface area (Å²) >= 11 is 5.45. The van der Waals surface area contributed by atoms with Crippen LogP contribution in [-0.2, 0) is 4.79 Å². The number of carbonyl (C=O) groups excluding carboxylic acids is 1. The maximum Gasteiger partial charge on any atom is 0.238 e. The molecule has 1 amide bonds. The van der Waals surface area contributed by atoms with Gasteiger partial charge in [-0.3, -0.25) is 4.79 Å². The molecular formula is C4H6ClNO. The van der Waals surface area contributed by atoms with Gasteiger partial charge in [0.05, 0.1) is 0 Å². The SMILES string of the molecule is O=C1NCC[C@@H]1Cl. The zero-order valence-corrected chi connectivity index (χ0v) is 4.53. The Morgan fingerprint density at radius 3 is 2.71 bits per heavy atom. The summed E-state index contributed by atoms with van der Waals surface area (Å²) < 4.78 is 0. The molecule has 1 aliphatic rings. The van der Waals surface area contributed by atoms with Crippen molar-refractivity contribution in [3.63, 3.8) is 0 Å². The lowest BCUT2D eigenvalue weighted by molar-refractivity contribution is -0.118. The highest BCUT2D eigenvalue weighted by Crippen LogP contribution is 2.05. The summed E-state index contributed by atoms with van der Waals surface area (Å²) in [6.45, 7) is 0.743. The highest BCUT2D eigenvalue weighted by Gasteiger charge is 2.20. The van der Waals surface area contributed by atoms with E-state index in [1.165, 1.54) is 0 Å². The minimum Gasteiger partial charge on any atom is -0.355 e. The van der Waals surface area contributed by atoms with E-state index in [0.717, 1.165) is 13.0 Å². The number of rotatable bonds is 0. The molecule has 0 aliphatic carbocycles. The van der Waals surface area contributed by atoms with Crippen LogP contribution in [-0.4, -0.2) is 17.8 Å². The van der Waals surface area contributed by atoms with Gasteiger partial charge < -0.3 is 5.32 Å². The lowest BCUT2D eigenvalue weighted by atomic mass is 10.4. The average Bonchev–Trinajstić information content (AvgIpc) is 1.91. The predicted molar refractivity (Wildman–Crippen MR) is 27.3 cm³/mol. The largest absolute Gasteiger partial charge is 0.355 e. The number of nitrogens with one attached hydrogen (secondary N) is 1. The van der Waals surface area contributed by atoms with E-state index in [1.54, 1.807) is 0 Å². The normalized spacial score (nSPS) is 30.4. The molecule has 0 aromatic heterocycles. The third-order valence-electron chi connectivity index (χ3n) is 0.982. The summed E-state index contributed by atoms with van der Waals surface area (Å²) in [6.07, 6.45) is 0.778. The van der Waals surface area contributed by atoms with Crippen molar-refractivity contribution >= 4 is 17.5 Å². The summed E-state index contributed by atoms with van der Waals surface area (Å²) in [5.41, 5.74) is 0. The van der Waals surface area contributed by atoms with Gasteiger partial charge in [0.25, 0.3) is 0 Å². The lowest BCUT2D eigenvalue weighted by Gasteiger charge is -1.87. The van der Waals surface area contributed by atoms with E-state index < -0.39 is 0 Å². The van der Waals surface area contributed by atoms with E-state index in [4.69, 9.17) is 11.6 Å². The number of alkyl halides is 1. The predicted octanol–water partition coefficient (Wildman–Crippen LogP) is 0.114. The molecule has 1 heterocycles. The Bertz CT molecular complexity index is 93.7. The van der Waals surface area contributed by atoms with Crippen LogP contribution in [0.3, 0.4) is 0 Å². The first-order valence-corrected chi connectivity index (χ1v) is 2.66. The fraction of sp³-hybridized carbons (Fsp3) is 0.750. The molecule has 0 saturated carbocycles. The monoisotopic (exact) mass is 119 g/mol. The molecule has 3 heteroatoms. The van der Waals surface area contributed by atoms with Gasteiger partial charge >= 0.3 is 0 Å². The fourth-order valence-electron chi connectivity index (χ4n) is 0.564. The quantitative estimate of drug-likeness (QED) is 0.451. The van der Waals surface area contributed by atoms with Crippen LogP contribution >= 0.6 is 11.6 Å². The molecule has 0 aromatic carbocycles. The highest BCUT2D eigenvalue weighted by atomic mass is 35.5.